The van der Waals surface area contributed by atoms with Gasteiger partial charge in [0.25, 0.3) is 0 Å². The summed E-state index contributed by atoms with van der Waals surface area (Å²) in [4.78, 5) is 11.7. The molecule has 2 unspecified atom stereocenters. The van der Waals surface area contributed by atoms with Crippen LogP contribution in [0.5, 0.6) is 0 Å². The van der Waals surface area contributed by atoms with Crippen molar-refractivity contribution in [1.82, 2.24) is 5.32 Å². The monoisotopic (exact) mass is 211 g/mol. The molecule has 3 heteroatoms. The number of nitrogens with one attached hydrogen (secondary N) is 1. The van der Waals surface area contributed by atoms with E-state index in [2.05, 4.69) is 12.2 Å². The van der Waals surface area contributed by atoms with Gasteiger partial charge in [-0.25, -0.2) is 0 Å². The van der Waals surface area contributed by atoms with Gasteiger partial charge in [0.2, 0.25) is 0 Å². The fourth-order valence-corrected chi connectivity index (χ4v) is 2.12. The number of hydrogen-bond donors (Lipinski definition) is 1. The van der Waals surface area contributed by atoms with Crippen LogP contribution in [0.3, 0.4) is 0 Å². The first-order valence-corrected chi connectivity index (χ1v) is 6.15. The van der Waals surface area contributed by atoms with Crippen molar-refractivity contribution in [1.29, 1.82) is 0 Å². The SMILES string of the molecule is CC1CCNC(C(=O)OCCC2CC2)C1. The minimum Gasteiger partial charge on any atom is -0.465 e. The van der Waals surface area contributed by atoms with Crippen molar-refractivity contribution in [2.24, 2.45) is 11.8 Å². The van der Waals surface area contributed by atoms with Gasteiger partial charge < -0.3 is 10.1 Å². The highest BCUT2D eigenvalue weighted by Gasteiger charge is 2.26. The van der Waals surface area contributed by atoms with Crippen molar-refractivity contribution >= 4 is 5.97 Å². The maximum absolute atomic E-state index is 11.7. The number of ether oxygens (including phenoxy) is 1. The van der Waals surface area contributed by atoms with Gasteiger partial charge in [0.1, 0.15) is 6.04 Å². The zero-order valence-electron chi connectivity index (χ0n) is 9.50. The fraction of sp³-hybridized carbons (Fsp3) is 0.917. The van der Waals surface area contributed by atoms with Crippen LogP contribution in [0.25, 0.3) is 0 Å². The molecule has 0 aromatic rings. The predicted molar refractivity (Wildman–Crippen MR) is 58.5 cm³/mol. The highest BCUT2D eigenvalue weighted by atomic mass is 16.5. The van der Waals surface area contributed by atoms with Crippen molar-refractivity contribution in [3.63, 3.8) is 0 Å². The number of carbonyl (C=O) groups is 1. The summed E-state index contributed by atoms with van der Waals surface area (Å²) < 4.78 is 5.28. The summed E-state index contributed by atoms with van der Waals surface area (Å²) >= 11 is 0. The van der Waals surface area contributed by atoms with E-state index in [1.165, 1.54) is 19.3 Å². The summed E-state index contributed by atoms with van der Waals surface area (Å²) in [5, 5.41) is 3.23. The summed E-state index contributed by atoms with van der Waals surface area (Å²) in [6.45, 7) is 3.77. The Bertz CT molecular complexity index is 226. The Hall–Kier alpha value is -0.570. The third kappa shape index (κ3) is 3.49. The summed E-state index contributed by atoms with van der Waals surface area (Å²) in [6, 6.07) is -0.0482. The van der Waals surface area contributed by atoms with Gasteiger partial charge in [0.15, 0.2) is 0 Å². The van der Waals surface area contributed by atoms with Crippen molar-refractivity contribution < 1.29 is 9.53 Å². The topological polar surface area (TPSA) is 38.3 Å². The van der Waals surface area contributed by atoms with Gasteiger partial charge in [0, 0.05) is 0 Å². The molecule has 1 saturated heterocycles. The van der Waals surface area contributed by atoms with E-state index in [0.29, 0.717) is 12.5 Å². The third-order valence-electron chi connectivity index (χ3n) is 3.42. The summed E-state index contributed by atoms with van der Waals surface area (Å²) in [5.74, 6) is 1.45. The second-order valence-electron chi connectivity index (χ2n) is 5.04. The zero-order chi connectivity index (χ0) is 10.7. The summed E-state index contributed by atoms with van der Waals surface area (Å²) in [7, 11) is 0. The minimum absolute atomic E-state index is 0.0396. The first-order valence-electron chi connectivity index (χ1n) is 6.15. The fourth-order valence-electron chi connectivity index (χ4n) is 2.12. The van der Waals surface area contributed by atoms with E-state index in [4.69, 9.17) is 4.74 Å². The highest BCUT2D eigenvalue weighted by Crippen LogP contribution is 2.32. The molecule has 2 fully saturated rings. The van der Waals surface area contributed by atoms with Gasteiger partial charge in [-0.3, -0.25) is 4.79 Å². The molecule has 3 nitrogen and oxygen atoms in total. The zero-order valence-corrected chi connectivity index (χ0v) is 9.50. The lowest BCUT2D eigenvalue weighted by Crippen LogP contribution is -2.44. The molecule has 1 heterocycles. The van der Waals surface area contributed by atoms with Crippen LogP contribution in [0, 0.1) is 11.8 Å². The normalized spacial score (nSPS) is 31.3. The van der Waals surface area contributed by atoms with Crippen molar-refractivity contribution in [3.05, 3.63) is 0 Å². The molecule has 1 saturated carbocycles. The smallest absolute Gasteiger partial charge is 0.323 e. The van der Waals surface area contributed by atoms with Gasteiger partial charge in [-0.05, 0) is 37.6 Å². The van der Waals surface area contributed by atoms with Crippen LogP contribution < -0.4 is 5.32 Å². The molecule has 0 radical (unpaired) electrons. The maximum atomic E-state index is 11.7. The van der Waals surface area contributed by atoms with Crippen LogP contribution in [0.2, 0.25) is 0 Å². The Morgan fingerprint density at radius 2 is 2.20 bits per heavy atom. The van der Waals surface area contributed by atoms with E-state index < -0.39 is 0 Å². The maximum Gasteiger partial charge on any atom is 0.323 e. The second kappa shape index (κ2) is 4.97. The van der Waals surface area contributed by atoms with E-state index in [1.807, 2.05) is 0 Å². The third-order valence-corrected chi connectivity index (χ3v) is 3.42. The van der Waals surface area contributed by atoms with Gasteiger partial charge in [-0.1, -0.05) is 19.8 Å². The molecule has 2 rings (SSSR count). The Balaban J connectivity index is 1.64. The van der Waals surface area contributed by atoms with Crippen molar-refractivity contribution in [2.45, 2.75) is 45.1 Å². The number of rotatable bonds is 4. The Morgan fingerprint density at radius 3 is 2.87 bits per heavy atom. The number of hydrogen-bond acceptors (Lipinski definition) is 3. The quantitative estimate of drug-likeness (QED) is 0.720. The molecule has 1 aliphatic carbocycles. The molecule has 0 aromatic heterocycles. The van der Waals surface area contributed by atoms with E-state index >= 15 is 0 Å². The molecule has 2 aliphatic rings. The molecule has 15 heavy (non-hydrogen) atoms. The van der Waals surface area contributed by atoms with Crippen LogP contribution in [-0.2, 0) is 9.53 Å². The average molecular weight is 211 g/mol. The molecule has 0 amide bonds. The molecule has 0 bridgehead atoms. The Kier molecular flexibility index (Phi) is 3.62. The van der Waals surface area contributed by atoms with Crippen LogP contribution in [-0.4, -0.2) is 25.2 Å². The Morgan fingerprint density at radius 1 is 1.40 bits per heavy atom. The van der Waals surface area contributed by atoms with E-state index in [9.17, 15) is 4.79 Å². The van der Waals surface area contributed by atoms with E-state index in [0.717, 1.165) is 25.3 Å². The molecule has 1 aliphatic heterocycles. The molecule has 2 atom stereocenters. The summed E-state index contributed by atoms with van der Waals surface area (Å²) in [6.07, 6.45) is 5.83. The van der Waals surface area contributed by atoms with Crippen LogP contribution in [0.1, 0.15) is 39.0 Å². The van der Waals surface area contributed by atoms with Crippen LogP contribution in [0.15, 0.2) is 0 Å². The molecular formula is C12H21NO2. The lowest BCUT2D eigenvalue weighted by Gasteiger charge is -2.26. The van der Waals surface area contributed by atoms with Crippen LogP contribution >= 0.6 is 0 Å². The largest absolute Gasteiger partial charge is 0.465 e. The predicted octanol–water partition coefficient (Wildman–Crippen LogP) is 1.72. The lowest BCUT2D eigenvalue weighted by molar-refractivity contribution is -0.147. The minimum atomic E-state index is -0.0482. The number of esters is 1. The van der Waals surface area contributed by atoms with E-state index in [1.54, 1.807) is 0 Å². The number of piperidine rings is 1. The average Bonchev–Trinajstić information content (AvgIpc) is 3.01. The van der Waals surface area contributed by atoms with Gasteiger partial charge >= 0.3 is 5.97 Å². The first kappa shape index (κ1) is 10.9. The summed E-state index contributed by atoms with van der Waals surface area (Å²) in [5.41, 5.74) is 0. The second-order valence-corrected chi connectivity index (χ2v) is 5.04. The molecular weight excluding hydrogens is 190 g/mol. The molecule has 0 aromatic carbocycles. The first-order chi connectivity index (χ1) is 7.25. The van der Waals surface area contributed by atoms with Gasteiger partial charge in [-0.2, -0.15) is 0 Å². The van der Waals surface area contributed by atoms with Crippen molar-refractivity contribution in [3.8, 4) is 0 Å². The molecule has 1 N–H and O–H groups in total. The lowest BCUT2D eigenvalue weighted by atomic mass is 9.94. The Labute approximate surface area is 91.6 Å². The number of carbonyl (C=O) groups excluding carboxylic acids is 1. The van der Waals surface area contributed by atoms with Crippen LogP contribution in [0.4, 0.5) is 0 Å². The van der Waals surface area contributed by atoms with E-state index in [-0.39, 0.29) is 12.0 Å². The molecule has 86 valence electrons. The van der Waals surface area contributed by atoms with Gasteiger partial charge in [0.05, 0.1) is 6.61 Å². The molecule has 0 spiro atoms. The highest BCUT2D eigenvalue weighted by molar-refractivity contribution is 5.75. The standard InChI is InChI=1S/C12H21NO2/c1-9-4-6-13-11(8-9)12(14)15-7-5-10-2-3-10/h9-11,13H,2-8H2,1H3. The van der Waals surface area contributed by atoms with Gasteiger partial charge in [-0.15, -0.1) is 0 Å². The van der Waals surface area contributed by atoms with Crippen molar-refractivity contribution in [2.75, 3.05) is 13.2 Å².